The second-order valence-corrected chi connectivity index (χ2v) is 2.86. The zero-order valence-corrected chi connectivity index (χ0v) is 7.21. The average Bonchev–Trinajstić information content (AvgIpc) is 2.03. The Morgan fingerprint density at radius 1 is 1.75 bits per heavy atom. The molecule has 1 unspecified atom stereocenters. The first-order valence-electron chi connectivity index (χ1n) is 3.14. The minimum absolute atomic E-state index is 0.183. The molecule has 0 N–H and O–H groups in total. The number of ether oxygens (including phenoxy) is 1. The normalized spacial score (nSPS) is 12.5. The molecule has 0 spiro atoms. The quantitative estimate of drug-likeness (QED) is 0.616. The summed E-state index contributed by atoms with van der Waals surface area (Å²) < 4.78 is 25.3. The lowest BCUT2D eigenvalue weighted by Crippen LogP contribution is -2.00. The zero-order valence-electron chi connectivity index (χ0n) is 6.39. The summed E-state index contributed by atoms with van der Waals surface area (Å²) in [6.07, 6.45) is 1.45. The lowest BCUT2D eigenvalue weighted by molar-refractivity contribution is 0.395. The molecule has 66 valence electrons. The maximum Gasteiger partial charge on any atom is 0.216 e. The predicted molar refractivity (Wildman–Crippen MR) is 41.2 cm³/mol. The van der Waals surface area contributed by atoms with Crippen molar-refractivity contribution in [1.82, 2.24) is 9.97 Å². The van der Waals surface area contributed by atoms with E-state index < -0.39 is 11.1 Å². The van der Waals surface area contributed by atoms with Gasteiger partial charge in [-0.05, 0) is 11.1 Å². The second-order valence-electron chi connectivity index (χ2n) is 1.96. The summed E-state index contributed by atoms with van der Waals surface area (Å²) in [5.74, 6) is 0.421. The van der Waals surface area contributed by atoms with Gasteiger partial charge < -0.3 is 9.29 Å². The molecule has 1 aromatic heterocycles. The van der Waals surface area contributed by atoms with Crippen LogP contribution in [0.5, 0.6) is 5.88 Å². The maximum atomic E-state index is 10.2. The Hall–Kier alpha value is -1.01. The van der Waals surface area contributed by atoms with Crippen LogP contribution < -0.4 is 4.74 Å². The zero-order chi connectivity index (χ0) is 8.97. The Kier molecular flexibility index (Phi) is 3.12. The van der Waals surface area contributed by atoms with E-state index in [0.717, 1.165) is 0 Å². The van der Waals surface area contributed by atoms with Gasteiger partial charge in [-0.15, -0.1) is 0 Å². The van der Waals surface area contributed by atoms with Gasteiger partial charge in [-0.1, -0.05) is 0 Å². The fourth-order valence-electron chi connectivity index (χ4n) is 0.669. The van der Waals surface area contributed by atoms with Crippen LogP contribution in [-0.4, -0.2) is 25.8 Å². The van der Waals surface area contributed by atoms with Gasteiger partial charge in [0.15, 0.2) is 0 Å². The van der Waals surface area contributed by atoms with Crippen molar-refractivity contribution >= 4 is 11.1 Å². The maximum absolute atomic E-state index is 10.2. The summed E-state index contributed by atoms with van der Waals surface area (Å²) >= 11 is -2.16. The summed E-state index contributed by atoms with van der Waals surface area (Å²) in [6, 6.07) is 1.55. The minimum atomic E-state index is -2.16. The number of hydrogen-bond acceptors (Lipinski definition) is 5. The van der Waals surface area contributed by atoms with Crippen LogP contribution in [0.3, 0.4) is 0 Å². The molecular weight excluding hydrogens is 180 g/mol. The van der Waals surface area contributed by atoms with Crippen LogP contribution in [0.15, 0.2) is 12.3 Å². The second kappa shape index (κ2) is 4.13. The van der Waals surface area contributed by atoms with Gasteiger partial charge in [0.05, 0.1) is 12.9 Å². The number of rotatable bonds is 3. The Morgan fingerprint density at radius 2 is 2.50 bits per heavy atom. The third-order valence-electron chi connectivity index (χ3n) is 1.14. The lowest BCUT2D eigenvalue weighted by atomic mass is 10.6. The molecular formula is C6H7N2O3S-. The molecule has 0 radical (unpaired) electrons. The first-order valence-corrected chi connectivity index (χ1v) is 4.38. The summed E-state index contributed by atoms with van der Waals surface area (Å²) in [7, 11) is 1.46. The molecule has 1 rings (SSSR count). The summed E-state index contributed by atoms with van der Waals surface area (Å²) in [6.45, 7) is 0. The van der Waals surface area contributed by atoms with E-state index in [4.69, 9.17) is 4.74 Å². The Balaban J connectivity index is 2.79. The van der Waals surface area contributed by atoms with Gasteiger partial charge in [0, 0.05) is 12.3 Å². The van der Waals surface area contributed by atoms with Gasteiger partial charge in [-0.3, -0.25) is 4.21 Å². The van der Waals surface area contributed by atoms with Crippen molar-refractivity contribution in [1.29, 1.82) is 0 Å². The first-order chi connectivity index (χ1) is 5.72. The van der Waals surface area contributed by atoms with Crippen molar-refractivity contribution in [2.45, 2.75) is 5.75 Å². The van der Waals surface area contributed by atoms with Crippen LogP contribution in [0.1, 0.15) is 5.82 Å². The first kappa shape index (κ1) is 9.08. The number of hydrogen-bond donors (Lipinski definition) is 0. The lowest BCUT2D eigenvalue weighted by Gasteiger charge is -2.04. The topological polar surface area (TPSA) is 75.1 Å². The highest BCUT2D eigenvalue weighted by Crippen LogP contribution is 2.04. The van der Waals surface area contributed by atoms with Crippen molar-refractivity contribution in [2.24, 2.45) is 0 Å². The third-order valence-corrected chi connectivity index (χ3v) is 1.63. The highest BCUT2D eigenvalue weighted by molar-refractivity contribution is 7.78. The highest BCUT2D eigenvalue weighted by atomic mass is 32.2. The molecule has 0 fully saturated rings. The van der Waals surface area contributed by atoms with Gasteiger partial charge in [0.2, 0.25) is 5.88 Å². The summed E-state index contributed by atoms with van der Waals surface area (Å²) in [5, 5.41) is 0. The molecule has 0 aliphatic carbocycles. The molecule has 0 saturated carbocycles. The fraction of sp³-hybridized carbons (Fsp3) is 0.333. The van der Waals surface area contributed by atoms with E-state index >= 15 is 0 Å². The number of methoxy groups -OCH3 is 1. The van der Waals surface area contributed by atoms with E-state index in [1.807, 2.05) is 0 Å². The summed E-state index contributed by atoms with van der Waals surface area (Å²) in [5.41, 5.74) is 0. The van der Waals surface area contributed by atoms with Crippen LogP contribution in [-0.2, 0) is 16.8 Å². The van der Waals surface area contributed by atoms with E-state index in [1.54, 1.807) is 6.07 Å². The highest BCUT2D eigenvalue weighted by Gasteiger charge is 1.97. The molecule has 12 heavy (non-hydrogen) atoms. The van der Waals surface area contributed by atoms with Crippen molar-refractivity contribution in [3.05, 3.63) is 18.1 Å². The van der Waals surface area contributed by atoms with Gasteiger partial charge in [-0.25, -0.2) is 4.98 Å². The van der Waals surface area contributed by atoms with Crippen molar-refractivity contribution < 1.29 is 13.5 Å². The smallest absolute Gasteiger partial charge is 0.216 e. The third kappa shape index (κ3) is 2.55. The largest absolute Gasteiger partial charge is 0.772 e. The van der Waals surface area contributed by atoms with E-state index in [0.29, 0.717) is 5.88 Å². The standard InChI is InChI=1S/C6H8N2O3S/c1-11-6-2-3-7-5(8-6)4-12(9)10/h2-3H,4H2,1H3,(H,9,10)/p-1. The molecule has 0 aromatic carbocycles. The van der Waals surface area contributed by atoms with Crippen LogP contribution >= 0.6 is 0 Å². The van der Waals surface area contributed by atoms with Crippen LogP contribution in [0, 0.1) is 0 Å². The minimum Gasteiger partial charge on any atom is -0.772 e. The Labute approximate surface area is 72.1 Å². The van der Waals surface area contributed by atoms with E-state index in [-0.39, 0.29) is 11.6 Å². The van der Waals surface area contributed by atoms with Gasteiger partial charge in [-0.2, -0.15) is 4.98 Å². The molecule has 5 nitrogen and oxygen atoms in total. The SMILES string of the molecule is COc1ccnc(CS(=O)[O-])n1. The Bertz CT molecular complexity index is 292. The molecule has 0 bridgehead atoms. The summed E-state index contributed by atoms with van der Waals surface area (Å²) in [4.78, 5) is 7.55. The number of nitrogens with zero attached hydrogens (tertiary/aromatic N) is 2. The van der Waals surface area contributed by atoms with Gasteiger partial charge in [0.1, 0.15) is 5.82 Å². The molecule has 0 aliphatic rings. The van der Waals surface area contributed by atoms with Crippen molar-refractivity contribution in [2.75, 3.05) is 7.11 Å². The van der Waals surface area contributed by atoms with Gasteiger partial charge in [0.25, 0.3) is 0 Å². The molecule has 0 saturated heterocycles. The van der Waals surface area contributed by atoms with Crippen molar-refractivity contribution in [3.63, 3.8) is 0 Å². The van der Waals surface area contributed by atoms with E-state index in [1.165, 1.54) is 13.3 Å². The van der Waals surface area contributed by atoms with Crippen LogP contribution in [0.25, 0.3) is 0 Å². The van der Waals surface area contributed by atoms with E-state index in [2.05, 4.69) is 9.97 Å². The Morgan fingerprint density at radius 3 is 3.08 bits per heavy atom. The number of aromatic nitrogens is 2. The van der Waals surface area contributed by atoms with Gasteiger partial charge >= 0.3 is 0 Å². The monoisotopic (exact) mass is 187 g/mol. The van der Waals surface area contributed by atoms with E-state index in [9.17, 15) is 8.76 Å². The predicted octanol–water partition coefficient (Wildman–Crippen LogP) is -0.136. The molecule has 6 heteroatoms. The van der Waals surface area contributed by atoms with Crippen molar-refractivity contribution in [3.8, 4) is 5.88 Å². The molecule has 1 aromatic rings. The molecule has 1 heterocycles. The molecule has 1 atom stereocenters. The van der Waals surface area contributed by atoms with Crippen LogP contribution in [0.4, 0.5) is 0 Å². The molecule has 0 aliphatic heterocycles. The van der Waals surface area contributed by atoms with Crippen LogP contribution in [0.2, 0.25) is 0 Å². The average molecular weight is 187 g/mol. The molecule has 0 amide bonds. The fourth-order valence-corrected chi connectivity index (χ4v) is 1.02.